The van der Waals surface area contributed by atoms with E-state index >= 15 is 0 Å². The van der Waals surface area contributed by atoms with Gasteiger partial charge in [-0.05, 0) is 37.1 Å². The quantitative estimate of drug-likeness (QED) is 0.646. The molecule has 0 amide bonds. The lowest BCUT2D eigenvalue weighted by Gasteiger charge is -2.08. The molecule has 0 radical (unpaired) electrons. The molecule has 0 aliphatic rings. The van der Waals surface area contributed by atoms with Crippen LogP contribution in [0.3, 0.4) is 0 Å². The number of thiazole rings is 1. The maximum atomic E-state index is 5.38. The summed E-state index contributed by atoms with van der Waals surface area (Å²) < 4.78 is 5.38. The van der Waals surface area contributed by atoms with Crippen molar-refractivity contribution in [1.29, 1.82) is 0 Å². The van der Waals surface area contributed by atoms with Gasteiger partial charge in [0.25, 0.3) is 0 Å². The molecule has 0 spiro atoms. The Labute approximate surface area is 147 Å². The number of aryl methyl sites for hydroxylation is 1. The largest absolute Gasteiger partial charge is 0.496 e. The lowest BCUT2D eigenvalue weighted by atomic mass is 10.1. The molecule has 2 aromatic carbocycles. The molecule has 4 heteroatoms. The highest BCUT2D eigenvalue weighted by Gasteiger charge is 2.05. The van der Waals surface area contributed by atoms with Crippen molar-refractivity contribution in [3.05, 3.63) is 70.9 Å². The first-order valence-electron chi connectivity index (χ1n) is 8.10. The summed E-state index contributed by atoms with van der Waals surface area (Å²) >= 11 is 1.75. The number of hydrogen-bond acceptors (Lipinski definition) is 4. The number of hydrogen-bond donors (Lipinski definition) is 1. The van der Waals surface area contributed by atoms with Gasteiger partial charge in [-0.15, -0.1) is 11.3 Å². The maximum absolute atomic E-state index is 5.38. The van der Waals surface area contributed by atoms with Crippen molar-refractivity contribution in [3.63, 3.8) is 0 Å². The number of rotatable bonds is 7. The first kappa shape index (κ1) is 16.7. The van der Waals surface area contributed by atoms with Crippen LogP contribution in [-0.4, -0.2) is 18.6 Å². The van der Waals surface area contributed by atoms with Gasteiger partial charge in [0.05, 0.1) is 12.0 Å². The Bertz CT molecular complexity index is 798. The molecule has 1 N–H and O–H groups in total. The van der Waals surface area contributed by atoms with Crippen LogP contribution >= 0.6 is 11.3 Å². The molecule has 24 heavy (non-hydrogen) atoms. The van der Waals surface area contributed by atoms with E-state index < -0.39 is 0 Å². The lowest BCUT2D eigenvalue weighted by Crippen LogP contribution is -2.16. The first-order valence-corrected chi connectivity index (χ1v) is 8.92. The molecule has 0 saturated carbocycles. The second-order valence-corrected chi connectivity index (χ2v) is 6.84. The number of nitrogens with zero attached hydrogens (tertiary/aromatic N) is 1. The van der Waals surface area contributed by atoms with Crippen molar-refractivity contribution in [2.75, 3.05) is 13.7 Å². The van der Waals surface area contributed by atoms with Gasteiger partial charge in [-0.1, -0.05) is 48.0 Å². The standard InChI is InChI=1S/C20H22N2OS/c1-15-6-5-8-17(12-15)19-13-22-20(24-19)14-21-11-10-16-7-3-4-9-18(16)23-2/h3-9,12-13,21H,10-11,14H2,1-2H3. The van der Waals surface area contributed by atoms with E-state index in [1.807, 2.05) is 24.4 Å². The van der Waals surface area contributed by atoms with E-state index in [1.54, 1.807) is 18.4 Å². The summed E-state index contributed by atoms with van der Waals surface area (Å²) in [5.74, 6) is 0.954. The molecule has 0 bridgehead atoms. The number of aromatic nitrogens is 1. The number of para-hydroxylation sites is 1. The van der Waals surface area contributed by atoms with E-state index in [0.717, 1.165) is 30.3 Å². The summed E-state index contributed by atoms with van der Waals surface area (Å²) in [6.45, 7) is 3.82. The molecule has 0 aliphatic carbocycles. The van der Waals surface area contributed by atoms with Crippen molar-refractivity contribution in [2.24, 2.45) is 0 Å². The van der Waals surface area contributed by atoms with Gasteiger partial charge in [0.15, 0.2) is 0 Å². The fraction of sp³-hybridized carbons (Fsp3) is 0.250. The van der Waals surface area contributed by atoms with Gasteiger partial charge in [0, 0.05) is 12.7 Å². The van der Waals surface area contributed by atoms with Crippen LogP contribution in [0.15, 0.2) is 54.7 Å². The monoisotopic (exact) mass is 338 g/mol. The molecule has 124 valence electrons. The third-order valence-corrected chi connectivity index (χ3v) is 4.94. The average molecular weight is 338 g/mol. The summed E-state index contributed by atoms with van der Waals surface area (Å²) in [6, 6.07) is 16.7. The van der Waals surface area contributed by atoms with Gasteiger partial charge in [-0.3, -0.25) is 0 Å². The van der Waals surface area contributed by atoms with Crippen LogP contribution in [0, 0.1) is 6.92 Å². The Balaban J connectivity index is 1.53. The molecule has 1 aromatic heterocycles. The van der Waals surface area contributed by atoms with E-state index in [0.29, 0.717) is 0 Å². The Hall–Kier alpha value is -2.17. The van der Waals surface area contributed by atoms with E-state index in [2.05, 4.69) is 47.6 Å². The molecular formula is C20H22N2OS. The molecule has 3 nitrogen and oxygen atoms in total. The van der Waals surface area contributed by atoms with Crippen LogP contribution in [-0.2, 0) is 13.0 Å². The van der Waals surface area contributed by atoms with Gasteiger partial charge < -0.3 is 10.1 Å². The predicted octanol–water partition coefficient (Wildman–Crippen LogP) is 4.46. The number of nitrogens with one attached hydrogen (secondary N) is 1. The topological polar surface area (TPSA) is 34.1 Å². The van der Waals surface area contributed by atoms with E-state index in [4.69, 9.17) is 4.74 Å². The van der Waals surface area contributed by atoms with E-state index in [-0.39, 0.29) is 0 Å². The van der Waals surface area contributed by atoms with Gasteiger partial charge >= 0.3 is 0 Å². The molecule has 0 unspecified atom stereocenters. The molecule has 1 heterocycles. The van der Waals surface area contributed by atoms with Crippen LogP contribution in [0.1, 0.15) is 16.1 Å². The first-order chi connectivity index (χ1) is 11.8. The summed E-state index contributed by atoms with van der Waals surface area (Å²) in [7, 11) is 1.72. The predicted molar refractivity (Wildman–Crippen MR) is 101 cm³/mol. The van der Waals surface area contributed by atoms with Crippen molar-refractivity contribution < 1.29 is 4.74 Å². The fourth-order valence-electron chi connectivity index (χ4n) is 2.65. The zero-order chi connectivity index (χ0) is 16.8. The molecular weight excluding hydrogens is 316 g/mol. The Morgan fingerprint density at radius 2 is 2.00 bits per heavy atom. The SMILES string of the molecule is COc1ccccc1CCNCc1ncc(-c2cccc(C)c2)s1. The number of benzene rings is 2. The fourth-order valence-corrected chi connectivity index (χ4v) is 3.54. The minimum Gasteiger partial charge on any atom is -0.496 e. The van der Waals surface area contributed by atoms with Crippen LogP contribution in [0.5, 0.6) is 5.75 Å². The smallest absolute Gasteiger partial charge is 0.122 e. The summed E-state index contributed by atoms with van der Waals surface area (Å²) in [4.78, 5) is 5.75. The van der Waals surface area contributed by atoms with Gasteiger partial charge in [-0.2, -0.15) is 0 Å². The molecule has 3 rings (SSSR count). The lowest BCUT2D eigenvalue weighted by molar-refractivity contribution is 0.409. The van der Waals surface area contributed by atoms with Crippen molar-refractivity contribution in [3.8, 4) is 16.2 Å². The summed E-state index contributed by atoms with van der Waals surface area (Å²) in [6.07, 6.45) is 2.91. The maximum Gasteiger partial charge on any atom is 0.122 e. The third kappa shape index (κ3) is 4.22. The number of ether oxygens (including phenoxy) is 1. The Morgan fingerprint density at radius 3 is 2.83 bits per heavy atom. The Kier molecular flexibility index (Phi) is 5.62. The van der Waals surface area contributed by atoms with Crippen LogP contribution in [0.2, 0.25) is 0 Å². The average Bonchev–Trinajstić information content (AvgIpc) is 3.08. The minimum absolute atomic E-state index is 0.797. The highest BCUT2D eigenvalue weighted by molar-refractivity contribution is 7.15. The molecule has 0 atom stereocenters. The molecule has 3 aromatic rings. The van der Waals surface area contributed by atoms with Crippen LogP contribution in [0.25, 0.3) is 10.4 Å². The Morgan fingerprint density at radius 1 is 1.12 bits per heavy atom. The van der Waals surface area contributed by atoms with Gasteiger partial charge in [-0.25, -0.2) is 4.98 Å². The second-order valence-electron chi connectivity index (χ2n) is 5.73. The second kappa shape index (κ2) is 8.08. The van der Waals surface area contributed by atoms with Crippen molar-refractivity contribution in [1.82, 2.24) is 10.3 Å². The summed E-state index contributed by atoms with van der Waals surface area (Å²) in [5.41, 5.74) is 3.75. The molecule has 0 fully saturated rings. The number of methoxy groups -OCH3 is 1. The van der Waals surface area contributed by atoms with E-state index in [1.165, 1.54) is 21.6 Å². The zero-order valence-corrected chi connectivity index (χ0v) is 14.9. The zero-order valence-electron chi connectivity index (χ0n) is 14.1. The molecule has 0 aliphatic heterocycles. The van der Waals surface area contributed by atoms with Crippen LogP contribution < -0.4 is 10.1 Å². The van der Waals surface area contributed by atoms with E-state index in [9.17, 15) is 0 Å². The third-order valence-electron chi connectivity index (χ3n) is 3.90. The minimum atomic E-state index is 0.797. The van der Waals surface area contributed by atoms with Crippen LogP contribution in [0.4, 0.5) is 0 Å². The van der Waals surface area contributed by atoms with Crippen molar-refractivity contribution in [2.45, 2.75) is 19.9 Å². The highest BCUT2D eigenvalue weighted by atomic mass is 32.1. The summed E-state index contributed by atoms with van der Waals surface area (Å²) in [5, 5.41) is 4.59. The molecule has 0 saturated heterocycles. The highest BCUT2D eigenvalue weighted by Crippen LogP contribution is 2.26. The van der Waals surface area contributed by atoms with Crippen molar-refractivity contribution >= 4 is 11.3 Å². The van der Waals surface area contributed by atoms with Gasteiger partial charge in [0.1, 0.15) is 10.8 Å². The van der Waals surface area contributed by atoms with Gasteiger partial charge in [0.2, 0.25) is 0 Å². The normalized spacial score (nSPS) is 10.8.